The number of ether oxygens (including phenoxy) is 1. The predicted octanol–water partition coefficient (Wildman–Crippen LogP) is 2.64. The van der Waals surface area contributed by atoms with E-state index in [1.54, 1.807) is 6.20 Å². The zero-order valence-electron chi connectivity index (χ0n) is 14.1. The van der Waals surface area contributed by atoms with E-state index in [1.807, 2.05) is 18.2 Å². The summed E-state index contributed by atoms with van der Waals surface area (Å²) in [5.41, 5.74) is 6.96. The Balaban J connectivity index is 1.91. The molecule has 0 fully saturated rings. The van der Waals surface area contributed by atoms with Crippen molar-refractivity contribution in [2.45, 2.75) is 38.6 Å². The minimum Gasteiger partial charge on any atom is -0.488 e. The number of nitrogens with zero attached hydrogens (tertiary/aromatic N) is 2. The van der Waals surface area contributed by atoms with Gasteiger partial charge in [0.1, 0.15) is 0 Å². The van der Waals surface area contributed by atoms with Crippen LogP contribution >= 0.6 is 0 Å². The highest BCUT2D eigenvalue weighted by Gasteiger charge is 2.12. The molecule has 6 heteroatoms. The summed E-state index contributed by atoms with van der Waals surface area (Å²) in [6.07, 6.45) is 5.23. The number of nitrogen functional groups attached to an aromatic ring is 1. The Bertz CT molecular complexity index is 607. The van der Waals surface area contributed by atoms with Crippen LogP contribution in [0.3, 0.4) is 0 Å². The molecule has 2 rings (SSSR count). The van der Waals surface area contributed by atoms with Gasteiger partial charge in [-0.25, -0.2) is 4.98 Å². The first-order valence-electron chi connectivity index (χ1n) is 8.39. The van der Waals surface area contributed by atoms with Gasteiger partial charge in [0.15, 0.2) is 11.6 Å². The molecule has 0 bridgehead atoms. The number of nitrogens with two attached hydrogens (primary N) is 1. The largest absolute Gasteiger partial charge is 0.488 e. The number of hydrogen-bond donors (Lipinski definition) is 3. The Hall–Kier alpha value is -2.34. The molecule has 0 aliphatic carbocycles. The van der Waals surface area contributed by atoms with Gasteiger partial charge >= 0.3 is 0 Å². The molecule has 0 aliphatic heterocycles. The van der Waals surface area contributed by atoms with Crippen LogP contribution in [0.5, 0.6) is 5.75 Å². The van der Waals surface area contributed by atoms with Gasteiger partial charge in [-0.2, -0.15) is 4.98 Å². The highest BCUT2D eigenvalue weighted by molar-refractivity contribution is 5.51. The molecule has 2 aromatic rings. The monoisotopic (exact) mass is 330 g/mol. The molecule has 130 valence electrons. The SMILES string of the molecule is CCCC(CO)Nc1nc(N)ncc1OCCCc1ccccc1. The molecule has 0 radical (unpaired) electrons. The van der Waals surface area contributed by atoms with Crippen LogP contribution in [0.25, 0.3) is 0 Å². The minimum atomic E-state index is -0.0732. The summed E-state index contributed by atoms with van der Waals surface area (Å²) in [6.45, 7) is 2.67. The lowest BCUT2D eigenvalue weighted by Crippen LogP contribution is -2.24. The van der Waals surface area contributed by atoms with Gasteiger partial charge < -0.3 is 20.9 Å². The lowest BCUT2D eigenvalue weighted by atomic mass is 10.1. The van der Waals surface area contributed by atoms with Gasteiger partial charge in [-0.3, -0.25) is 0 Å². The molecule has 24 heavy (non-hydrogen) atoms. The second kappa shape index (κ2) is 9.72. The van der Waals surface area contributed by atoms with Gasteiger partial charge in [0.05, 0.1) is 25.5 Å². The Kier molecular flexibility index (Phi) is 7.29. The molecule has 0 spiro atoms. The summed E-state index contributed by atoms with van der Waals surface area (Å²) in [7, 11) is 0. The van der Waals surface area contributed by atoms with E-state index >= 15 is 0 Å². The number of hydrogen-bond acceptors (Lipinski definition) is 6. The first-order valence-corrected chi connectivity index (χ1v) is 8.39. The molecule has 1 aromatic carbocycles. The van der Waals surface area contributed by atoms with Crippen LogP contribution in [0, 0.1) is 0 Å². The van der Waals surface area contributed by atoms with Crippen LogP contribution in [0.15, 0.2) is 36.5 Å². The normalized spacial score (nSPS) is 11.9. The van der Waals surface area contributed by atoms with E-state index in [-0.39, 0.29) is 18.6 Å². The summed E-state index contributed by atoms with van der Waals surface area (Å²) in [5, 5.41) is 12.6. The summed E-state index contributed by atoms with van der Waals surface area (Å²) in [5.74, 6) is 1.28. The maximum absolute atomic E-state index is 9.44. The highest BCUT2D eigenvalue weighted by atomic mass is 16.5. The van der Waals surface area contributed by atoms with Gasteiger partial charge in [0.25, 0.3) is 0 Å². The molecular weight excluding hydrogens is 304 g/mol. The van der Waals surface area contributed by atoms with Crippen molar-refractivity contribution in [3.63, 3.8) is 0 Å². The number of aliphatic hydroxyl groups excluding tert-OH is 1. The van der Waals surface area contributed by atoms with Crippen molar-refractivity contribution in [2.75, 3.05) is 24.3 Å². The molecule has 0 amide bonds. The van der Waals surface area contributed by atoms with Crippen LogP contribution in [0.4, 0.5) is 11.8 Å². The number of aromatic nitrogens is 2. The maximum atomic E-state index is 9.44. The topological polar surface area (TPSA) is 93.3 Å². The van der Waals surface area contributed by atoms with Crippen molar-refractivity contribution in [3.8, 4) is 5.75 Å². The third kappa shape index (κ3) is 5.70. The average Bonchev–Trinajstić information content (AvgIpc) is 2.60. The fourth-order valence-corrected chi connectivity index (χ4v) is 2.45. The molecule has 1 heterocycles. The lowest BCUT2D eigenvalue weighted by Gasteiger charge is -2.18. The van der Waals surface area contributed by atoms with Crippen molar-refractivity contribution < 1.29 is 9.84 Å². The summed E-state index contributed by atoms with van der Waals surface area (Å²) in [6, 6.07) is 10.2. The van der Waals surface area contributed by atoms with Gasteiger partial charge in [0.2, 0.25) is 5.95 Å². The molecule has 4 N–H and O–H groups in total. The summed E-state index contributed by atoms with van der Waals surface area (Å²) in [4.78, 5) is 8.19. The van der Waals surface area contributed by atoms with Crippen molar-refractivity contribution in [2.24, 2.45) is 0 Å². The molecule has 1 unspecified atom stereocenters. The Morgan fingerprint density at radius 2 is 2.08 bits per heavy atom. The van der Waals surface area contributed by atoms with E-state index in [9.17, 15) is 5.11 Å². The second-order valence-corrected chi connectivity index (χ2v) is 5.69. The van der Waals surface area contributed by atoms with Crippen molar-refractivity contribution in [1.82, 2.24) is 9.97 Å². The lowest BCUT2D eigenvalue weighted by molar-refractivity contribution is 0.267. The zero-order chi connectivity index (χ0) is 17.2. The summed E-state index contributed by atoms with van der Waals surface area (Å²) < 4.78 is 5.81. The predicted molar refractivity (Wildman–Crippen MR) is 96.1 cm³/mol. The van der Waals surface area contributed by atoms with E-state index in [0.29, 0.717) is 18.2 Å². The van der Waals surface area contributed by atoms with Gasteiger partial charge in [-0.15, -0.1) is 0 Å². The fraction of sp³-hybridized carbons (Fsp3) is 0.444. The van der Waals surface area contributed by atoms with E-state index in [2.05, 4.69) is 34.3 Å². The van der Waals surface area contributed by atoms with Crippen molar-refractivity contribution >= 4 is 11.8 Å². The standard InChI is InChI=1S/C18H26N4O2/c1-2-7-15(13-23)21-17-16(12-20-18(19)22-17)24-11-6-10-14-8-4-3-5-9-14/h3-5,8-9,12,15,23H,2,6-7,10-11,13H2,1H3,(H3,19,20,21,22). The molecule has 1 atom stereocenters. The number of rotatable bonds is 10. The number of anilines is 2. The molecule has 1 aromatic heterocycles. The third-order valence-electron chi connectivity index (χ3n) is 3.68. The van der Waals surface area contributed by atoms with Gasteiger partial charge in [-0.1, -0.05) is 43.7 Å². The first kappa shape index (κ1) is 18.0. The van der Waals surface area contributed by atoms with E-state index in [1.165, 1.54) is 5.56 Å². The number of aliphatic hydroxyl groups is 1. The molecular formula is C18H26N4O2. The Morgan fingerprint density at radius 3 is 2.79 bits per heavy atom. The summed E-state index contributed by atoms with van der Waals surface area (Å²) >= 11 is 0. The first-order chi connectivity index (χ1) is 11.7. The van der Waals surface area contributed by atoms with E-state index < -0.39 is 0 Å². The average molecular weight is 330 g/mol. The Morgan fingerprint density at radius 1 is 1.29 bits per heavy atom. The molecule has 0 aliphatic rings. The quantitative estimate of drug-likeness (QED) is 0.580. The molecule has 6 nitrogen and oxygen atoms in total. The van der Waals surface area contributed by atoms with Crippen molar-refractivity contribution in [3.05, 3.63) is 42.1 Å². The van der Waals surface area contributed by atoms with Gasteiger partial charge in [0, 0.05) is 0 Å². The second-order valence-electron chi connectivity index (χ2n) is 5.69. The number of nitrogens with one attached hydrogen (secondary N) is 1. The molecule has 0 saturated carbocycles. The van der Waals surface area contributed by atoms with E-state index in [4.69, 9.17) is 10.5 Å². The maximum Gasteiger partial charge on any atom is 0.222 e. The van der Waals surface area contributed by atoms with Crippen LogP contribution in [-0.2, 0) is 6.42 Å². The number of benzene rings is 1. The van der Waals surface area contributed by atoms with Crippen LogP contribution in [-0.4, -0.2) is 34.3 Å². The number of aryl methyl sites for hydroxylation is 1. The van der Waals surface area contributed by atoms with E-state index in [0.717, 1.165) is 25.7 Å². The van der Waals surface area contributed by atoms with Crippen LogP contribution < -0.4 is 15.8 Å². The van der Waals surface area contributed by atoms with Gasteiger partial charge in [-0.05, 0) is 24.8 Å². The fourth-order valence-electron chi connectivity index (χ4n) is 2.45. The zero-order valence-corrected chi connectivity index (χ0v) is 14.1. The third-order valence-corrected chi connectivity index (χ3v) is 3.68. The van der Waals surface area contributed by atoms with Crippen LogP contribution in [0.1, 0.15) is 31.7 Å². The smallest absolute Gasteiger partial charge is 0.222 e. The Labute approximate surface area is 143 Å². The highest BCUT2D eigenvalue weighted by Crippen LogP contribution is 2.23. The van der Waals surface area contributed by atoms with Crippen molar-refractivity contribution in [1.29, 1.82) is 0 Å². The molecule has 0 saturated heterocycles. The van der Waals surface area contributed by atoms with Crippen LogP contribution in [0.2, 0.25) is 0 Å². The minimum absolute atomic E-state index is 0.0329.